The molecule has 1 heterocycles. The van der Waals surface area contributed by atoms with E-state index in [9.17, 15) is 13.2 Å². The maximum absolute atomic E-state index is 12.1. The van der Waals surface area contributed by atoms with Gasteiger partial charge in [-0.25, -0.2) is 8.42 Å². The van der Waals surface area contributed by atoms with Gasteiger partial charge in [-0.1, -0.05) is 0 Å². The summed E-state index contributed by atoms with van der Waals surface area (Å²) in [5.41, 5.74) is 0. The Morgan fingerprint density at radius 2 is 1.72 bits per heavy atom. The highest BCUT2D eigenvalue weighted by Gasteiger charge is 2.28. The lowest BCUT2D eigenvalue weighted by molar-refractivity contribution is -0.127. The molecule has 0 aromatic rings. The van der Waals surface area contributed by atoms with Crippen LogP contribution in [0.5, 0.6) is 0 Å². The Hall–Kier alpha value is -0.740. The summed E-state index contributed by atoms with van der Waals surface area (Å²) in [5, 5.41) is 2.36. The second-order valence-electron chi connectivity index (χ2n) is 6.66. The third-order valence-corrected chi connectivity index (χ3v) is 6.23. The highest BCUT2D eigenvalue weighted by Crippen LogP contribution is 2.12. The fraction of sp³-hybridized carbons (Fsp3) is 0.938. The summed E-state index contributed by atoms with van der Waals surface area (Å²) in [4.78, 5) is 13.6. The minimum atomic E-state index is -3.15. The van der Waals surface area contributed by atoms with E-state index in [0.717, 1.165) is 19.6 Å². The number of amides is 1. The van der Waals surface area contributed by atoms with Crippen LogP contribution in [0.3, 0.4) is 0 Å². The molecule has 1 aliphatic heterocycles. The number of hydrogen-bond donors (Lipinski definition) is 1. The quantitative estimate of drug-likeness (QED) is 0.505. The van der Waals surface area contributed by atoms with Crippen LogP contribution in [0, 0.1) is 0 Å². The second-order valence-corrected chi connectivity index (χ2v) is 9.15. The van der Waals surface area contributed by atoms with Crippen molar-refractivity contribution in [2.45, 2.75) is 39.0 Å². The van der Waals surface area contributed by atoms with Crippen molar-refractivity contribution in [1.29, 1.82) is 0 Å². The molecule has 0 unspecified atom stereocenters. The Morgan fingerprint density at radius 1 is 1.08 bits per heavy atom. The molecule has 8 nitrogen and oxygen atoms in total. The Labute approximate surface area is 151 Å². The molecule has 25 heavy (non-hydrogen) atoms. The summed E-state index contributed by atoms with van der Waals surface area (Å²) in [6, 6.07) is 0. The molecule has 148 valence electrons. The van der Waals surface area contributed by atoms with E-state index in [1.165, 1.54) is 0 Å². The number of piperazine rings is 1. The number of nitrogens with one attached hydrogen (secondary N) is 1. The fourth-order valence-electron chi connectivity index (χ4n) is 2.36. The van der Waals surface area contributed by atoms with Crippen LogP contribution >= 0.6 is 0 Å². The molecule has 0 aromatic carbocycles. The van der Waals surface area contributed by atoms with Crippen molar-refractivity contribution in [3.8, 4) is 0 Å². The molecule has 0 aromatic heterocycles. The average Bonchev–Trinajstić information content (AvgIpc) is 2.56. The fourth-order valence-corrected chi connectivity index (χ4v) is 3.63. The average molecular weight is 380 g/mol. The molecule has 0 saturated carbocycles. The van der Waals surface area contributed by atoms with Gasteiger partial charge in [0.1, 0.15) is 6.61 Å². The van der Waals surface area contributed by atoms with Gasteiger partial charge in [0.2, 0.25) is 15.9 Å². The van der Waals surface area contributed by atoms with Gasteiger partial charge in [-0.2, -0.15) is 4.31 Å². The van der Waals surface area contributed by atoms with E-state index < -0.39 is 10.0 Å². The zero-order chi connectivity index (χ0) is 18.9. The summed E-state index contributed by atoms with van der Waals surface area (Å²) < 4.78 is 36.5. The maximum atomic E-state index is 12.1. The van der Waals surface area contributed by atoms with Crippen molar-refractivity contribution in [2.24, 2.45) is 0 Å². The molecule has 9 heteroatoms. The molecule has 1 rings (SSSR count). The van der Waals surface area contributed by atoms with Gasteiger partial charge >= 0.3 is 0 Å². The first-order valence-electron chi connectivity index (χ1n) is 8.91. The number of ether oxygens (including phenoxy) is 2. The van der Waals surface area contributed by atoms with Gasteiger partial charge in [0.05, 0.1) is 24.6 Å². The van der Waals surface area contributed by atoms with Crippen LogP contribution in [-0.4, -0.2) is 94.0 Å². The topological polar surface area (TPSA) is 88.2 Å². The standard InChI is InChI=1S/C16H33N3O5S/c1-14(2)24-13-16(20)17-5-11-23-12-10-18-6-8-19(9-7-18)25(21,22)15(3)4/h14-15H,5-13H2,1-4H3,(H,17,20). The lowest BCUT2D eigenvalue weighted by Crippen LogP contribution is -2.50. The predicted octanol–water partition coefficient (Wildman–Crippen LogP) is -0.1000. The monoisotopic (exact) mass is 379 g/mol. The zero-order valence-electron chi connectivity index (χ0n) is 15.9. The zero-order valence-corrected chi connectivity index (χ0v) is 16.7. The Kier molecular flexibility index (Phi) is 9.88. The summed E-state index contributed by atoms with van der Waals surface area (Å²) in [5.74, 6) is -0.139. The summed E-state index contributed by atoms with van der Waals surface area (Å²) in [6.45, 7) is 12.0. The number of nitrogens with zero attached hydrogens (tertiary/aromatic N) is 2. The lowest BCUT2D eigenvalue weighted by atomic mass is 10.3. The molecule has 0 radical (unpaired) electrons. The normalized spacial score (nSPS) is 17.4. The molecule has 1 amide bonds. The van der Waals surface area contributed by atoms with Crippen molar-refractivity contribution in [3.63, 3.8) is 0 Å². The van der Waals surface area contributed by atoms with Gasteiger partial charge in [0, 0.05) is 39.3 Å². The first-order valence-corrected chi connectivity index (χ1v) is 10.4. The largest absolute Gasteiger partial charge is 0.378 e. The van der Waals surface area contributed by atoms with E-state index in [0.29, 0.717) is 32.8 Å². The molecule has 1 N–H and O–H groups in total. The first-order chi connectivity index (χ1) is 11.7. The van der Waals surface area contributed by atoms with E-state index in [2.05, 4.69) is 10.2 Å². The summed E-state index contributed by atoms with van der Waals surface area (Å²) in [7, 11) is -3.15. The van der Waals surface area contributed by atoms with Crippen LogP contribution in [-0.2, 0) is 24.3 Å². The highest BCUT2D eigenvalue weighted by molar-refractivity contribution is 7.89. The van der Waals surface area contributed by atoms with Gasteiger partial charge in [0.15, 0.2) is 0 Å². The summed E-state index contributed by atoms with van der Waals surface area (Å²) >= 11 is 0. The minimum Gasteiger partial charge on any atom is -0.378 e. The molecule has 1 saturated heterocycles. The molecule has 1 fully saturated rings. The van der Waals surface area contributed by atoms with E-state index in [-0.39, 0.29) is 23.9 Å². The van der Waals surface area contributed by atoms with Crippen LogP contribution in [0.2, 0.25) is 0 Å². The van der Waals surface area contributed by atoms with E-state index in [4.69, 9.17) is 9.47 Å². The highest BCUT2D eigenvalue weighted by atomic mass is 32.2. The maximum Gasteiger partial charge on any atom is 0.246 e. The van der Waals surface area contributed by atoms with Gasteiger partial charge in [-0.05, 0) is 27.7 Å². The van der Waals surface area contributed by atoms with Crippen LogP contribution in [0.1, 0.15) is 27.7 Å². The van der Waals surface area contributed by atoms with Crippen LogP contribution in [0.25, 0.3) is 0 Å². The summed E-state index contributed by atoms with van der Waals surface area (Å²) in [6.07, 6.45) is 0.0398. The van der Waals surface area contributed by atoms with Gasteiger partial charge in [0.25, 0.3) is 0 Å². The Bertz CT molecular complexity index is 488. The molecular formula is C16H33N3O5S. The van der Waals surface area contributed by atoms with Crippen LogP contribution < -0.4 is 5.32 Å². The molecular weight excluding hydrogens is 346 g/mol. The number of sulfonamides is 1. The second kappa shape index (κ2) is 11.1. The minimum absolute atomic E-state index is 0.0398. The van der Waals surface area contributed by atoms with E-state index >= 15 is 0 Å². The smallest absolute Gasteiger partial charge is 0.246 e. The predicted molar refractivity (Wildman–Crippen MR) is 97.0 cm³/mol. The molecule has 0 spiro atoms. The third kappa shape index (κ3) is 8.46. The third-order valence-electron chi connectivity index (χ3n) is 3.96. The van der Waals surface area contributed by atoms with Crippen molar-refractivity contribution in [3.05, 3.63) is 0 Å². The van der Waals surface area contributed by atoms with Crippen molar-refractivity contribution < 1.29 is 22.7 Å². The molecule has 0 atom stereocenters. The molecule has 0 bridgehead atoms. The van der Waals surface area contributed by atoms with Crippen LogP contribution in [0.4, 0.5) is 0 Å². The van der Waals surface area contributed by atoms with Gasteiger partial charge < -0.3 is 14.8 Å². The number of rotatable bonds is 11. The van der Waals surface area contributed by atoms with Crippen molar-refractivity contribution in [2.75, 3.05) is 59.1 Å². The van der Waals surface area contributed by atoms with Gasteiger partial charge in [-0.15, -0.1) is 0 Å². The van der Waals surface area contributed by atoms with E-state index in [1.807, 2.05) is 13.8 Å². The SMILES string of the molecule is CC(C)OCC(=O)NCCOCCN1CCN(S(=O)(=O)C(C)C)CC1. The van der Waals surface area contributed by atoms with Gasteiger partial charge in [-0.3, -0.25) is 9.69 Å². The molecule has 0 aliphatic carbocycles. The van der Waals surface area contributed by atoms with Crippen molar-refractivity contribution in [1.82, 2.24) is 14.5 Å². The Morgan fingerprint density at radius 3 is 2.28 bits per heavy atom. The van der Waals surface area contributed by atoms with E-state index in [1.54, 1.807) is 18.2 Å². The number of carbonyl (C=O) groups excluding carboxylic acids is 1. The van der Waals surface area contributed by atoms with Crippen LogP contribution in [0.15, 0.2) is 0 Å². The van der Waals surface area contributed by atoms with Crippen molar-refractivity contribution >= 4 is 15.9 Å². The first kappa shape index (κ1) is 22.3. The lowest BCUT2D eigenvalue weighted by Gasteiger charge is -2.34. The number of carbonyl (C=O) groups is 1. The molecule has 1 aliphatic rings. The Balaban J connectivity index is 2.06. The number of hydrogen-bond acceptors (Lipinski definition) is 6.